The molecule has 0 bridgehead atoms. The van der Waals surface area contributed by atoms with Crippen LogP contribution < -0.4 is 16.0 Å². The van der Waals surface area contributed by atoms with Crippen molar-refractivity contribution < 1.29 is 4.79 Å². The van der Waals surface area contributed by atoms with Crippen LogP contribution in [0.5, 0.6) is 0 Å². The van der Waals surface area contributed by atoms with E-state index in [0.29, 0.717) is 18.7 Å². The van der Waals surface area contributed by atoms with Crippen molar-refractivity contribution in [2.45, 2.75) is 20.4 Å². The quantitative estimate of drug-likeness (QED) is 0.247. The van der Waals surface area contributed by atoms with Gasteiger partial charge in [0.25, 0.3) is 5.91 Å². The van der Waals surface area contributed by atoms with E-state index in [1.807, 2.05) is 38.1 Å². The lowest BCUT2D eigenvalue weighted by molar-refractivity contribution is 0.0955. The van der Waals surface area contributed by atoms with Gasteiger partial charge < -0.3 is 16.0 Å². The summed E-state index contributed by atoms with van der Waals surface area (Å²) in [7, 11) is 0. The Labute approximate surface area is 160 Å². The Balaban J connectivity index is 0.00000484. The van der Waals surface area contributed by atoms with Crippen LogP contribution in [0.3, 0.4) is 0 Å². The highest BCUT2D eigenvalue weighted by Crippen LogP contribution is 2.06. The first-order valence-corrected chi connectivity index (χ1v) is 8.98. The minimum absolute atomic E-state index is 0. The largest absolute Gasteiger partial charge is 0.357 e. The van der Waals surface area contributed by atoms with Crippen molar-refractivity contribution in [2.24, 2.45) is 4.99 Å². The molecule has 1 rings (SSSR count). The molecular weight excluding hydrogens is 423 g/mol. The maximum Gasteiger partial charge on any atom is 0.251 e. The van der Waals surface area contributed by atoms with Gasteiger partial charge in [-0.2, -0.15) is 11.8 Å². The third-order valence-electron chi connectivity index (χ3n) is 2.89. The molecule has 1 amide bonds. The first-order chi connectivity index (χ1) is 10.7. The molecule has 0 saturated carbocycles. The molecule has 0 aromatic heterocycles. The molecule has 0 aliphatic heterocycles. The van der Waals surface area contributed by atoms with Gasteiger partial charge in [0.15, 0.2) is 5.96 Å². The normalized spacial score (nSPS) is 10.7. The second kappa shape index (κ2) is 13.5. The summed E-state index contributed by atoms with van der Waals surface area (Å²) in [5.41, 5.74) is 1.70. The summed E-state index contributed by atoms with van der Waals surface area (Å²) in [5.74, 6) is 1.80. The number of thioether (sulfide) groups is 1. The van der Waals surface area contributed by atoms with Gasteiger partial charge in [-0.1, -0.05) is 12.1 Å². The number of benzene rings is 1. The average molecular weight is 450 g/mol. The average Bonchev–Trinajstić information content (AvgIpc) is 2.53. The molecule has 23 heavy (non-hydrogen) atoms. The summed E-state index contributed by atoms with van der Waals surface area (Å²) in [6.45, 7) is 6.83. The summed E-state index contributed by atoms with van der Waals surface area (Å²) in [6, 6.07) is 7.58. The van der Waals surface area contributed by atoms with Gasteiger partial charge in [-0.05, 0) is 37.8 Å². The summed E-state index contributed by atoms with van der Waals surface area (Å²) in [6.07, 6.45) is 2.08. The monoisotopic (exact) mass is 450 g/mol. The van der Waals surface area contributed by atoms with Crippen molar-refractivity contribution in [1.82, 2.24) is 16.0 Å². The van der Waals surface area contributed by atoms with E-state index in [9.17, 15) is 4.79 Å². The Morgan fingerprint density at radius 1 is 1.17 bits per heavy atom. The SMILES string of the molecule is CCNC(=O)c1cccc(CN=C(NCC)NCCSC)c1.I. The Hall–Kier alpha value is -0.960. The van der Waals surface area contributed by atoms with E-state index in [1.54, 1.807) is 11.8 Å². The van der Waals surface area contributed by atoms with Crippen LogP contribution in [-0.2, 0) is 6.54 Å². The maximum atomic E-state index is 11.8. The molecule has 0 atom stereocenters. The molecule has 1 aromatic rings. The lowest BCUT2D eigenvalue weighted by atomic mass is 10.1. The van der Waals surface area contributed by atoms with E-state index < -0.39 is 0 Å². The van der Waals surface area contributed by atoms with Crippen molar-refractivity contribution in [3.8, 4) is 0 Å². The minimum atomic E-state index is -0.0432. The first kappa shape index (κ1) is 22.0. The number of carbonyl (C=O) groups is 1. The first-order valence-electron chi connectivity index (χ1n) is 7.59. The maximum absolute atomic E-state index is 11.8. The van der Waals surface area contributed by atoms with E-state index in [0.717, 1.165) is 30.4 Å². The van der Waals surface area contributed by atoms with E-state index in [2.05, 4.69) is 27.2 Å². The molecule has 1 aromatic carbocycles. The third-order valence-corrected chi connectivity index (χ3v) is 3.50. The van der Waals surface area contributed by atoms with Gasteiger partial charge >= 0.3 is 0 Å². The lowest BCUT2D eigenvalue weighted by Gasteiger charge is -2.11. The predicted octanol–water partition coefficient (Wildman–Crippen LogP) is 2.47. The van der Waals surface area contributed by atoms with Crippen LogP contribution >= 0.6 is 35.7 Å². The number of amides is 1. The van der Waals surface area contributed by atoms with Gasteiger partial charge in [0.1, 0.15) is 0 Å². The van der Waals surface area contributed by atoms with Crippen LogP contribution in [0.2, 0.25) is 0 Å². The predicted molar refractivity (Wildman–Crippen MR) is 111 cm³/mol. The van der Waals surface area contributed by atoms with E-state index in [4.69, 9.17) is 0 Å². The number of nitrogens with zero attached hydrogens (tertiary/aromatic N) is 1. The molecule has 0 aliphatic carbocycles. The number of carbonyl (C=O) groups excluding carboxylic acids is 1. The fourth-order valence-corrected chi connectivity index (χ4v) is 2.16. The standard InChI is InChI=1S/C16H26N4OS.HI/c1-4-17-15(21)14-8-6-7-13(11-14)12-20-16(18-5-2)19-9-10-22-3;/h6-8,11H,4-5,9-10,12H2,1-3H3,(H,17,21)(H2,18,19,20);1H. The van der Waals surface area contributed by atoms with Crippen molar-refractivity contribution >= 4 is 47.6 Å². The number of hydrogen-bond donors (Lipinski definition) is 3. The van der Waals surface area contributed by atoms with Crippen LogP contribution in [0.15, 0.2) is 29.3 Å². The molecule has 5 nitrogen and oxygen atoms in total. The molecule has 7 heteroatoms. The van der Waals surface area contributed by atoms with E-state index in [-0.39, 0.29) is 29.9 Å². The van der Waals surface area contributed by atoms with Gasteiger partial charge in [0.2, 0.25) is 0 Å². The van der Waals surface area contributed by atoms with Crippen LogP contribution in [-0.4, -0.2) is 43.5 Å². The molecule has 0 heterocycles. The number of rotatable bonds is 8. The fraction of sp³-hybridized carbons (Fsp3) is 0.500. The van der Waals surface area contributed by atoms with Crippen molar-refractivity contribution in [3.05, 3.63) is 35.4 Å². The summed E-state index contributed by atoms with van der Waals surface area (Å²) >= 11 is 1.80. The zero-order chi connectivity index (χ0) is 16.2. The number of aliphatic imine (C=N–C) groups is 1. The van der Waals surface area contributed by atoms with Crippen LogP contribution in [0.4, 0.5) is 0 Å². The van der Waals surface area contributed by atoms with Crippen LogP contribution in [0.25, 0.3) is 0 Å². The molecule has 130 valence electrons. The second-order valence-corrected chi connectivity index (χ2v) is 5.66. The number of guanidine groups is 1. The molecule has 0 aliphatic rings. The molecule has 0 saturated heterocycles. The van der Waals surface area contributed by atoms with Crippen molar-refractivity contribution in [3.63, 3.8) is 0 Å². The van der Waals surface area contributed by atoms with Crippen LogP contribution in [0.1, 0.15) is 29.8 Å². The Morgan fingerprint density at radius 2 is 1.91 bits per heavy atom. The fourth-order valence-electron chi connectivity index (χ4n) is 1.86. The van der Waals surface area contributed by atoms with Crippen molar-refractivity contribution in [1.29, 1.82) is 0 Å². The van der Waals surface area contributed by atoms with Gasteiger partial charge in [-0.25, -0.2) is 4.99 Å². The van der Waals surface area contributed by atoms with Crippen LogP contribution in [0, 0.1) is 0 Å². The second-order valence-electron chi connectivity index (χ2n) is 4.67. The third kappa shape index (κ3) is 9.04. The molecule has 0 spiro atoms. The highest BCUT2D eigenvalue weighted by Gasteiger charge is 2.04. The van der Waals surface area contributed by atoms with Crippen molar-refractivity contribution in [2.75, 3.05) is 31.6 Å². The summed E-state index contributed by atoms with van der Waals surface area (Å²) in [4.78, 5) is 16.4. The Kier molecular flexibility index (Phi) is 12.9. The molecule has 3 N–H and O–H groups in total. The minimum Gasteiger partial charge on any atom is -0.357 e. The lowest BCUT2D eigenvalue weighted by Crippen LogP contribution is -2.38. The highest BCUT2D eigenvalue weighted by atomic mass is 127. The highest BCUT2D eigenvalue weighted by molar-refractivity contribution is 14.0. The molecular formula is C16H27IN4OS. The smallest absolute Gasteiger partial charge is 0.251 e. The van der Waals surface area contributed by atoms with Gasteiger partial charge in [0.05, 0.1) is 6.54 Å². The van der Waals surface area contributed by atoms with E-state index >= 15 is 0 Å². The number of hydrogen-bond acceptors (Lipinski definition) is 3. The Bertz CT molecular complexity index is 497. The van der Waals surface area contributed by atoms with E-state index in [1.165, 1.54) is 0 Å². The topological polar surface area (TPSA) is 65.5 Å². The zero-order valence-corrected chi connectivity index (χ0v) is 17.2. The van der Waals surface area contributed by atoms with Gasteiger partial charge in [0, 0.05) is 31.0 Å². The number of nitrogens with one attached hydrogen (secondary N) is 3. The van der Waals surface area contributed by atoms with Gasteiger partial charge in [-0.3, -0.25) is 4.79 Å². The zero-order valence-electron chi connectivity index (χ0n) is 14.0. The van der Waals surface area contributed by atoms with Gasteiger partial charge in [-0.15, -0.1) is 24.0 Å². The summed E-state index contributed by atoms with van der Waals surface area (Å²) < 4.78 is 0. The number of halogens is 1. The molecule has 0 radical (unpaired) electrons. The Morgan fingerprint density at radius 3 is 2.57 bits per heavy atom. The molecule has 0 unspecified atom stereocenters. The molecule has 0 fully saturated rings. The summed E-state index contributed by atoms with van der Waals surface area (Å²) in [5, 5.41) is 9.31.